The number of halogens is 1. The zero-order valence-electron chi connectivity index (χ0n) is 20.9. The number of hydrogen-bond donors (Lipinski definition) is 2. The fourth-order valence-corrected chi connectivity index (χ4v) is 5.52. The number of nitrogens with one attached hydrogen (secondary N) is 2. The van der Waals surface area contributed by atoms with Crippen molar-refractivity contribution >= 4 is 39.1 Å². The Bertz CT molecular complexity index is 1420. The standard InChI is InChI=1S/C29H29FN4O3S/c30-23-17-21(33-27(35)16-20-6-2-1-3-7-20)8-9-25(23)37-26-11-13-31-24-18-22(38-29(24)26)10-12-32-28(36)19-34-14-4-5-15-34/h1-3,6-9,11,13,17-18H,4-5,10,12,14-16,19H2,(H,32,36)(H,33,35). The zero-order valence-corrected chi connectivity index (χ0v) is 21.7. The van der Waals surface area contributed by atoms with Gasteiger partial charge in [0.1, 0.15) is 5.75 Å². The van der Waals surface area contributed by atoms with Crippen molar-refractivity contribution in [2.75, 3.05) is 31.5 Å². The molecule has 4 aromatic rings. The van der Waals surface area contributed by atoms with Gasteiger partial charge in [-0.15, -0.1) is 11.3 Å². The number of benzene rings is 2. The maximum atomic E-state index is 14.9. The maximum Gasteiger partial charge on any atom is 0.234 e. The molecule has 1 aliphatic rings. The molecule has 0 atom stereocenters. The molecule has 2 N–H and O–H groups in total. The van der Waals surface area contributed by atoms with Crippen molar-refractivity contribution < 1.29 is 18.7 Å². The van der Waals surface area contributed by atoms with E-state index < -0.39 is 5.82 Å². The van der Waals surface area contributed by atoms with E-state index in [0.29, 0.717) is 30.9 Å². The van der Waals surface area contributed by atoms with Gasteiger partial charge in [0.15, 0.2) is 11.6 Å². The molecule has 9 heteroatoms. The first-order valence-electron chi connectivity index (χ1n) is 12.7. The summed E-state index contributed by atoms with van der Waals surface area (Å²) in [7, 11) is 0. The van der Waals surface area contributed by atoms with E-state index in [1.165, 1.54) is 23.5 Å². The number of pyridine rings is 1. The smallest absolute Gasteiger partial charge is 0.234 e. The third-order valence-electron chi connectivity index (χ3n) is 6.33. The van der Waals surface area contributed by atoms with Gasteiger partial charge in [0.25, 0.3) is 0 Å². The van der Waals surface area contributed by atoms with Crippen LogP contribution in [0.4, 0.5) is 10.1 Å². The maximum absolute atomic E-state index is 14.9. The van der Waals surface area contributed by atoms with E-state index in [1.54, 1.807) is 18.3 Å². The van der Waals surface area contributed by atoms with Crippen LogP contribution in [0.25, 0.3) is 10.2 Å². The highest BCUT2D eigenvalue weighted by Crippen LogP contribution is 2.36. The van der Waals surface area contributed by atoms with Gasteiger partial charge in [-0.25, -0.2) is 4.39 Å². The minimum Gasteiger partial charge on any atom is -0.453 e. The number of carbonyl (C=O) groups excluding carboxylic acids is 2. The molecule has 0 bridgehead atoms. The predicted molar refractivity (Wildman–Crippen MR) is 147 cm³/mol. The van der Waals surface area contributed by atoms with Crippen LogP contribution in [0.1, 0.15) is 23.3 Å². The molecule has 0 aliphatic carbocycles. The van der Waals surface area contributed by atoms with Crippen molar-refractivity contribution in [2.45, 2.75) is 25.7 Å². The van der Waals surface area contributed by atoms with Crippen LogP contribution in [-0.4, -0.2) is 47.9 Å². The van der Waals surface area contributed by atoms with Crippen molar-refractivity contribution in [2.24, 2.45) is 0 Å². The second-order valence-corrected chi connectivity index (χ2v) is 10.4. The van der Waals surface area contributed by atoms with Gasteiger partial charge in [0, 0.05) is 35.4 Å². The summed E-state index contributed by atoms with van der Waals surface area (Å²) in [5.41, 5.74) is 2.00. The fourth-order valence-electron chi connectivity index (χ4n) is 4.46. The summed E-state index contributed by atoms with van der Waals surface area (Å²) in [5.74, 6) is -0.194. The van der Waals surface area contributed by atoms with Crippen LogP contribution in [0.3, 0.4) is 0 Å². The Morgan fingerprint density at radius 1 is 1.00 bits per heavy atom. The second kappa shape index (κ2) is 12.1. The largest absolute Gasteiger partial charge is 0.453 e. The van der Waals surface area contributed by atoms with Gasteiger partial charge in [-0.3, -0.25) is 19.5 Å². The van der Waals surface area contributed by atoms with Gasteiger partial charge in [-0.1, -0.05) is 30.3 Å². The molecule has 2 amide bonds. The van der Waals surface area contributed by atoms with E-state index in [4.69, 9.17) is 4.74 Å². The molecule has 0 unspecified atom stereocenters. The average molecular weight is 533 g/mol. The van der Waals surface area contributed by atoms with Crippen LogP contribution < -0.4 is 15.4 Å². The number of carbonyl (C=O) groups is 2. The van der Waals surface area contributed by atoms with Crippen LogP contribution in [0.15, 0.2) is 66.9 Å². The highest BCUT2D eigenvalue weighted by molar-refractivity contribution is 7.19. The van der Waals surface area contributed by atoms with Crippen molar-refractivity contribution in [3.8, 4) is 11.5 Å². The third kappa shape index (κ3) is 6.73. The van der Waals surface area contributed by atoms with Gasteiger partial charge < -0.3 is 15.4 Å². The number of rotatable bonds is 10. The molecule has 5 rings (SSSR count). The second-order valence-electron chi connectivity index (χ2n) is 9.28. The Morgan fingerprint density at radius 2 is 1.82 bits per heavy atom. The summed E-state index contributed by atoms with van der Waals surface area (Å²) in [6.45, 7) is 2.98. The highest BCUT2D eigenvalue weighted by Gasteiger charge is 2.16. The Hall–Kier alpha value is -3.82. The summed E-state index contributed by atoms with van der Waals surface area (Å²) >= 11 is 1.52. The number of ether oxygens (including phenoxy) is 1. The molecule has 0 spiro atoms. The molecule has 196 valence electrons. The van der Waals surface area contributed by atoms with Crippen LogP contribution in [-0.2, 0) is 22.4 Å². The van der Waals surface area contributed by atoms with Gasteiger partial charge >= 0.3 is 0 Å². The lowest BCUT2D eigenvalue weighted by atomic mass is 10.1. The van der Waals surface area contributed by atoms with E-state index in [9.17, 15) is 14.0 Å². The number of likely N-dealkylation sites (tertiary alicyclic amines) is 1. The Kier molecular flexibility index (Phi) is 8.25. The lowest BCUT2D eigenvalue weighted by molar-refractivity contribution is -0.122. The topological polar surface area (TPSA) is 83.6 Å². The highest BCUT2D eigenvalue weighted by atomic mass is 32.1. The number of amides is 2. The summed E-state index contributed by atoms with van der Waals surface area (Å²) in [5, 5.41) is 5.72. The first-order valence-corrected chi connectivity index (χ1v) is 13.5. The van der Waals surface area contributed by atoms with Crippen molar-refractivity contribution in [3.63, 3.8) is 0 Å². The first kappa shape index (κ1) is 25.8. The molecule has 7 nitrogen and oxygen atoms in total. The van der Waals surface area contributed by atoms with Crippen molar-refractivity contribution in [1.29, 1.82) is 0 Å². The molecule has 2 aromatic heterocycles. The molecular formula is C29H29FN4O3S. The fraction of sp³-hybridized carbons (Fsp3) is 0.276. The summed E-state index contributed by atoms with van der Waals surface area (Å²) in [6, 6.07) is 17.4. The predicted octanol–water partition coefficient (Wildman–Crippen LogP) is 5.16. The van der Waals surface area contributed by atoms with Crippen LogP contribution >= 0.6 is 11.3 Å². The van der Waals surface area contributed by atoms with Crippen molar-refractivity contribution in [1.82, 2.24) is 15.2 Å². The normalized spacial score (nSPS) is 13.5. The molecule has 3 heterocycles. The van der Waals surface area contributed by atoms with Gasteiger partial charge in [-0.05, 0) is 56.1 Å². The number of fused-ring (bicyclic) bond motifs is 1. The van der Waals surface area contributed by atoms with Gasteiger partial charge in [0.05, 0.1) is 23.2 Å². The minimum atomic E-state index is -0.579. The summed E-state index contributed by atoms with van der Waals surface area (Å²) in [4.78, 5) is 32.1. The molecule has 38 heavy (non-hydrogen) atoms. The molecule has 2 aromatic carbocycles. The van der Waals surface area contributed by atoms with E-state index >= 15 is 0 Å². The van der Waals surface area contributed by atoms with Gasteiger partial charge in [0.2, 0.25) is 11.8 Å². The third-order valence-corrected chi connectivity index (χ3v) is 7.53. The lowest BCUT2D eigenvalue weighted by Crippen LogP contribution is -2.36. The van der Waals surface area contributed by atoms with E-state index in [2.05, 4.69) is 20.5 Å². The van der Waals surface area contributed by atoms with E-state index in [-0.39, 0.29) is 24.0 Å². The first-order chi connectivity index (χ1) is 18.5. The summed E-state index contributed by atoms with van der Waals surface area (Å²) in [6.07, 6.45) is 4.83. The number of hydrogen-bond acceptors (Lipinski definition) is 6. The zero-order chi connectivity index (χ0) is 26.3. The average Bonchev–Trinajstić information content (AvgIpc) is 3.56. The van der Waals surface area contributed by atoms with E-state index in [0.717, 1.165) is 46.6 Å². The Balaban J connectivity index is 1.19. The van der Waals surface area contributed by atoms with Crippen molar-refractivity contribution in [3.05, 3.63) is 83.1 Å². The lowest BCUT2D eigenvalue weighted by Gasteiger charge is -2.13. The van der Waals surface area contributed by atoms with Crippen LogP contribution in [0.5, 0.6) is 11.5 Å². The molecule has 1 aliphatic heterocycles. The molecular weight excluding hydrogens is 503 g/mol. The molecule has 0 saturated carbocycles. The molecule has 1 saturated heterocycles. The van der Waals surface area contributed by atoms with Crippen LogP contribution in [0, 0.1) is 5.82 Å². The summed E-state index contributed by atoms with van der Waals surface area (Å²) < 4.78 is 21.6. The molecule has 1 fully saturated rings. The quantitative estimate of drug-likeness (QED) is 0.295. The van der Waals surface area contributed by atoms with Gasteiger partial charge in [-0.2, -0.15) is 0 Å². The number of anilines is 1. The van der Waals surface area contributed by atoms with E-state index in [1.807, 2.05) is 36.4 Å². The Morgan fingerprint density at radius 3 is 2.61 bits per heavy atom. The molecule has 0 radical (unpaired) electrons. The monoisotopic (exact) mass is 532 g/mol. The minimum absolute atomic E-state index is 0.0466. The number of thiophene rings is 1. The SMILES string of the molecule is O=C(CN1CCCC1)NCCc1cc2nccc(Oc3ccc(NC(=O)Cc4ccccc4)cc3F)c2s1. The van der Waals surface area contributed by atoms with Crippen LogP contribution in [0.2, 0.25) is 0 Å². The number of nitrogens with zero attached hydrogens (tertiary/aromatic N) is 2. The number of aromatic nitrogens is 1. The Labute approximate surface area is 224 Å².